The maximum absolute atomic E-state index is 5.30. The summed E-state index contributed by atoms with van der Waals surface area (Å²) in [5.74, 6) is 2.05. The van der Waals surface area contributed by atoms with Crippen LogP contribution < -0.4 is 0 Å². The van der Waals surface area contributed by atoms with Crippen molar-refractivity contribution in [2.75, 3.05) is 5.75 Å². The fourth-order valence-corrected chi connectivity index (χ4v) is 2.93. The molecule has 2 aromatic rings. The zero-order chi connectivity index (χ0) is 14.5. The maximum Gasteiger partial charge on any atom is 0.160 e. The lowest BCUT2D eigenvalue weighted by Crippen LogP contribution is -2.01. The average Bonchev–Trinajstić information content (AvgIpc) is 3.03. The molecule has 0 aliphatic carbocycles. The summed E-state index contributed by atoms with van der Waals surface area (Å²) in [6, 6.07) is 16.0. The summed E-state index contributed by atoms with van der Waals surface area (Å²) >= 11 is 1.84. The minimum atomic E-state index is 0.852. The summed E-state index contributed by atoms with van der Waals surface area (Å²) in [7, 11) is 0. The number of hydrogen-bond donors (Lipinski definition) is 0. The summed E-state index contributed by atoms with van der Waals surface area (Å²) in [6.45, 7) is 4.54. The standard InChI is InChI=1S/C12H20OS.C6H6/c1-3-5-7-11(4-2)10-14-12-8-6-9-13-12;1-2-4-6-5-3-1/h6,8-9,11H,3-5,7,10H2,1-2H3;1-6H. The van der Waals surface area contributed by atoms with Gasteiger partial charge in [0.25, 0.3) is 0 Å². The van der Waals surface area contributed by atoms with Crippen molar-refractivity contribution in [2.45, 2.75) is 44.6 Å². The Morgan fingerprint density at radius 3 is 2.10 bits per heavy atom. The smallest absolute Gasteiger partial charge is 0.160 e. The van der Waals surface area contributed by atoms with Crippen LogP contribution in [0.25, 0.3) is 0 Å². The Balaban J connectivity index is 0.000000276. The van der Waals surface area contributed by atoms with E-state index in [0.29, 0.717) is 0 Å². The largest absolute Gasteiger partial charge is 0.458 e. The Morgan fingerprint density at radius 1 is 1.00 bits per heavy atom. The zero-order valence-electron chi connectivity index (χ0n) is 12.6. The van der Waals surface area contributed by atoms with Gasteiger partial charge in [-0.3, -0.25) is 0 Å². The lowest BCUT2D eigenvalue weighted by Gasteiger charge is -2.12. The fraction of sp³-hybridized carbons (Fsp3) is 0.444. The van der Waals surface area contributed by atoms with Crippen LogP contribution in [0.5, 0.6) is 0 Å². The van der Waals surface area contributed by atoms with Gasteiger partial charge in [-0.05, 0) is 24.5 Å². The molecule has 0 N–H and O–H groups in total. The highest BCUT2D eigenvalue weighted by Crippen LogP contribution is 2.24. The van der Waals surface area contributed by atoms with Gasteiger partial charge in [0, 0.05) is 5.75 Å². The van der Waals surface area contributed by atoms with Crippen molar-refractivity contribution in [1.29, 1.82) is 0 Å². The monoisotopic (exact) mass is 290 g/mol. The second-order valence-electron chi connectivity index (χ2n) is 4.81. The van der Waals surface area contributed by atoms with Gasteiger partial charge in [0.1, 0.15) is 0 Å². The lowest BCUT2D eigenvalue weighted by molar-refractivity contribution is 0.468. The maximum atomic E-state index is 5.30. The van der Waals surface area contributed by atoms with Crippen LogP contribution in [0.1, 0.15) is 39.5 Å². The Bertz CT molecular complexity index is 370. The highest BCUT2D eigenvalue weighted by Gasteiger charge is 2.07. The molecule has 2 heteroatoms. The quantitative estimate of drug-likeness (QED) is 0.557. The number of hydrogen-bond acceptors (Lipinski definition) is 2. The lowest BCUT2D eigenvalue weighted by atomic mass is 10.0. The minimum absolute atomic E-state index is 0.852. The Hall–Kier alpha value is -1.15. The molecule has 1 aromatic heterocycles. The van der Waals surface area contributed by atoms with Crippen molar-refractivity contribution in [2.24, 2.45) is 5.92 Å². The topological polar surface area (TPSA) is 13.1 Å². The predicted octanol–water partition coefficient (Wildman–Crippen LogP) is 6.27. The molecule has 0 saturated carbocycles. The molecule has 0 fully saturated rings. The van der Waals surface area contributed by atoms with Crippen LogP contribution in [0.15, 0.2) is 64.3 Å². The number of rotatable bonds is 7. The SMILES string of the molecule is CCCCC(CC)CSc1ccco1.c1ccccc1. The first-order valence-electron chi connectivity index (χ1n) is 7.53. The number of furan rings is 1. The zero-order valence-corrected chi connectivity index (χ0v) is 13.4. The van der Waals surface area contributed by atoms with Gasteiger partial charge in [-0.15, -0.1) is 0 Å². The van der Waals surface area contributed by atoms with Crippen molar-refractivity contribution >= 4 is 11.8 Å². The van der Waals surface area contributed by atoms with Crippen molar-refractivity contribution in [3.8, 4) is 0 Å². The first kappa shape index (κ1) is 16.9. The number of unbranched alkanes of at least 4 members (excludes halogenated alkanes) is 1. The molecule has 1 unspecified atom stereocenters. The van der Waals surface area contributed by atoms with Gasteiger partial charge in [0.15, 0.2) is 5.09 Å². The summed E-state index contributed by atoms with van der Waals surface area (Å²) in [6.07, 6.45) is 7.06. The summed E-state index contributed by atoms with van der Waals surface area (Å²) in [4.78, 5) is 0. The van der Waals surface area contributed by atoms with Crippen LogP contribution in [0.3, 0.4) is 0 Å². The second kappa shape index (κ2) is 11.7. The second-order valence-corrected chi connectivity index (χ2v) is 5.84. The van der Waals surface area contributed by atoms with Crippen molar-refractivity contribution in [3.63, 3.8) is 0 Å². The van der Waals surface area contributed by atoms with Gasteiger partial charge in [-0.25, -0.2) is 0 Å². The van der Waals surface area contributed by atoms with Crippen LogP contribution in [0.2, 0.25) is 0 Å². The van der Waals surface area contributed by atoms with E-state index in [4.69, 9.17) is 4.42 Å². The molecule has 1 aromatic carbocycles. The molecule has 1 nitrogen and oxygen atoms in total. The van der Waals surface area contributed by atoms with E-state index in [1.54, 1.807) is 6.26 Å². The van der Waals surface area contributed by atoms with Crippen LogP contribution >= 0.6 is 11.8 Å². The first-order valence-corrected chi connectivity index (χ1v) is 8.51. The molecular formula is C18H26OS. The highest BCUT2D eigenvalue weighted by atomic mass is 32.2. The van der Waals surface area contributed by atoms with Gasteiger partial charge in [0.2, 0.25) is 0 Å². The van der Waals surface area contributed by atoms with Gasteiger partial charge in [0.05, 0.1) is 6.26 Å². The molecule has 20 heavy (non-hydrogen) atoms. The molecule has 1 heterocycles. The summed E-state index contributed by atoms with van der Waals surface area (Å²) in [5, 5.41) is 1.06. The van der Waals surface area contributed by atoms with E-state index in [2.05, 4.69) is 13.8 Å². The van der Waals surface area contributed by atoms with E-state index in [9.17, 15) is 0 Å². The van der Waals surface area contributed by atoms with Gasteiger partial charge in [-0.1, -0.05) is 81.3 Å². The van der Waals surface area contributed by atoms with E-state index < -0.39 is 0 Å². The van der Waals surface area contributed by atoms with Crippen molar-refractivity contribution in [1.82, 2.24) is 0 Å². The number of benzene rings is 1. The molecular weight excluding hydrogens is 264 g/mol. The molecule has 0 bridgehead atoms. The third-order valence-electron chi connectivity index (χ3n) is 3.17. The van der Waals surface area contributed by atoms with Crippen LogP contribution in [-0.2, 0) is 0 Å². The molecule has 0 aliphatic heterocycles. The van der Waals surface area contributed by atoms with E-state index in [0.717, 1.165) is 11.0 Å². The van der Waals surface area contributed by atoms with Gasteiger partial charge in [-0.2, -0.15) is 0 Å². The van der Waals surface area contributed by atoms with E-state index >= 15 is 0 Å². The molecule has 110 valence electrons. The normalized spacial score (nSPS) is 11.5. The Morgan fingerprint density at radius 2 is 1.65 bits per heavy atom. The van der Waals surface area contributed by atoms with Gasteiger partial charge < -0.3 is 4.42 Å². The Kier molecular flexibility index (Phi) is 9.85. The molecule has 0 spiro atoms. The van der Waals surface area contributed by atoms with E-state index in [1.807, 2.05) is 60.3 Å². The van der Waals surface area contributed by atoms with Crippen molar-refractivity contribution < 1.29 is 4.42 Å². The molecule has 0 aliphatic rings. The van der Waals surface area contributed by atoms with Crippen LogP contribution in [-0.4, -0.2) is 5.75 Å². The van der Waals surface area contributed by atoms with E-state index in [-0.39, 0.29) is 0 Å². The van der Waals surface area contributed by atoms with E-state index in [1.165, 1.54) is 31.4 Å². The van der Waals surface area contributed by atoms with Gasteiger partial charge >= 0.3 is 0 Å². The molecule has 0 radical (unpaired) electrons. The Labute approximate surface area is 127 Å². The average molecular weight is 290 g/mol. The van der Waals surface area contributed by atoms with Crippen LogP contribution in [0.4, 0.5) is 0 Å². The fourth-order valence-electron chi connectivity index (χ4n) is 1.83. The first-order chi connectivity index (χ1) is 9.86. The number of thioether (sulfide) groups is 1. The van der Waals surface area contributed by atoms with Crippen LogP contribution in [0, 0.1) is 5.92 Å². The summed E-state index contributed by atoms with van der Waals surface area (Å²) in [5.41, 5.74) is 0. The highest BCUT2D eigenvalue weighted by molar-refractivity contribution is 7.99. The third-order valence-corrected chi connectivity index (χ3v) is 4.32. The molecule has 0 amide bonds. The predicted molar refractivity (Wildman–Crippen MR) is 89.2 cm³/mol. The van der Waals surface area contributed by atoms with Crippen molar-refractivity contribution in [3.05, 3.63) is 54.8 Å². The molecule has 2 rings (SSSR count). The third kappa shape index (κ3) is 8.11. The summed E-state index contributed by atoms with van der Waals surface area (Å²) < 4.78 is 5.30. The minimum Gasteiger partial charge on any atom is -0.458 e. The molecule has 1 atom stereocenters. The molecule has 0 saturated heterocycles.